The zero-order valence-electron chi connectivity index (χ0n) is 11.7. The number of aliphatic hydroxyl groups excluding tert-OH is 1. The summed E-state index contributed by atoms with van der Waals surface area (Å²) in [5.74, 6) is 0.614. The lowest BCUT2D eigenvalue weighted by Crippen LogP contribution is -2.33. The molecule has 0 fully saturated rings. The first kappa shape index (κ1) is 17.5. The molecule has 1 aromatic rings. The van der Waals surface area contributed by atoms with Crippen LogP contribution in [0.3, 0.4) is 0 Å². The van der Waals surface area contributed by atoms with Crippen LogP contribution in [0.5, 0.6) is 0 Å². The highest BCUT2D eigenvalue weighted by molar-refractivity contribution is 7.99. The summed E-state index contributed by atoms with van der Waals surface area (Å²) in [7, 11) is 0. The average molecular weight is 319 g/mol. The van der Waals surface area contributed by atoms with Crippen LogP contribution in [0.1, 0.15) is 12.5 Å². The van der Waals surface area contributed by atoms with Crippen molar-refractivity contribution in [1.29, 1.82) is 0 Å². The molecule has 0 spiro atoms. The van der Waals surface area contributed by atoms with E-state index in [0.29, 0.717) is 11.3 Å². The number of anilines is 1. The maximum atomic E-state index is 12.7. The lowest BCUT2D eigenvalue weighted by molar-refractivity contribution is 0.153. The first-order valence-electron chi connectivity index (χ1n) is 6.42. The number of nitrogens with two attached hydrogens (primary N) is 1. The lowest BCUT2D eigenvalue weighted by atomic mass is 10.1. The molecule has 0 radical (unpaired) electrons. The van der Waals surface area contributed by atoms with Gasteiger partial charge >= 0.3 is 0 Å². The van der Waals surface area contributed by atoms with E-state index in [9.17, 15) is 8.78 Å². The number of oxime groups is 1. The van der Waals surface area contributed by atoms with Crippen LogP contribution >= 0.6 is 11.8 Å². The number of aliphatic hydroxyl groups is 1. The molecule has 21 heavy (non-hydrogen) atoms. The molecule has 0 aliphatic carbocycles. The monoisotopic (exact) mass is 319 g/mol. The number of hydrogen-bond acceptors (Lipinski definition) is 5. The van der Waals surface area contributed by atoms with Crippen LogP contribution in [-0.2, 0) is 0 Å². The van der Waals surface area contributed by atoms with E-state index >= 15 is 0 Å². The van der Waals surface area contributed by atoms with E-state index in [0.717, 1.165) is 10.6 Å². The van der Waals surface area contributed by atoms with E-state index in [1.54, 1.807) is 18.2 Å². The third-order valence-electron chi connectivity index (χ3n) is 2.74. The normalized spacial score (nSPS) is 12.0. The van der Waals surface area contributed by atoms with Crippen molar-refractivity contribution in [3.8, 4) is 0 Å². The van der Waals surface area contributed by atoms with Gasteiger partial charge in [-0.1, -0.05) is 18.1 Å². The molecule has 0 saturated heterocycles. The Morgan fingerprint density at radius 1 is 1.48 bits per heavy atom. The summed E-state index contributed by atoms with van der Waals surface area (Å²) in [5.41, 5.74) is 6.52. The minimum atomic E-state index is -2.56. The van der Waals surface area contributed by atoms with Gasteiger partial charge in [0, 0.05) is 17.1 Å². The first-order chi connectivity index (χ1) is 10.0. The number of hydrogen-bond donors (Lipinski definition) is 3. The van der Waals surface area contributed by atoms with Gasteiger partial charge < -0.3 is 20.9 Å². The topological polar surface area (TPSA) is 82.1 Å². The van der Waals surface area contributed by atoms with Gasteiger partial charge in [0.2, 0.25) is 0 Å². The Morgan fingerprint density at radius 2 is 2.19 bits per heavy atom. The lowest BCUT2D eigenvalue weighted by Gasteiger charge is -2.26. The van der Waals surface area contributed by atoms with Crippen LogP contribution in [0.25, 0.3) is 0 Å². The van der Waals surface area contributed by atoms with Gasteiger partial charge in [0.05, 0.1) is 18.7 Å². The minimum Gasteiger partial charge on any atom is -0.409 e. The Hall–Kier alpha value is -1.54. The van der Waals surface area contributed by atoms with Crippen molar-refractivity contribution in [3.05, 3.63) is 23.8 Å². The molecule has 1 aromatic carbocycles. The van der Waals surface area contributed by atoms with Crippen LogP contribution in [-0.4, -0.2) is 48.0 Å². The van der Waals surface area contributed by atoms with Gasteiger partial charge in [-0.25, -0.2) is 8.78 Å². The molecule has 0 amide bonds. The molecule has 0 saturated carbocycles. The van der Waals surface area contributed by atoms with E-state index in [2.05, 4.69) is 5.16 Å². The Labute approximate surface area is 126 Å². The highest BCUT2D eigenvalue weighted by Gasteiger charge is 2.20. The Kier molecular flexibility index (Phi) is 7.24. The number of alkyl halides is 2. The summed E-state index contributed by atoms with van der Waals surface area (Å²) in [4.78, 5) is 2.07. The van der Waals surface area contributed by atoms with Crippen LogP contribution < -0.4 is 10.6 Å². The van der Waals surface area contributed by atoms with E-state index < -0.39 is 13.0 Å². The van der Waals surface area contributed by atoms with Crippen LogP contribution in [0, 0.1) is 0 Å². The largest absolute Gasteiger partial charge is 0.409 e. The average Bonchev–Trinajstić information content (AvgIpc) is 2.45. The third-order valence-corrected chi connectivity index (χ3v) is 3.68. The van der Waals surface area contributed by atoms with Gasteiger partial charge in [0.25, 0.3) is 6.43 Å². The van der Waals surface area contributed by atoms with Crippen molar-refractivity contribution >= 4 is 23.3 Å². The van der Waals surface area contributed by atoms with E-state index in [-0.39, 0.29) is 19.0 Å². The second kappa shape index (κ2) is 8.68. The fourth-order valence-electron chi connectivity index (χ4n) is 1.96. The van der Waals surface area contributed by atoms with Gasteiger partial charge in [-0.2, -0.15) is 0 Å². The molecule has 0 atom stereocenters. The van der Waals surface area contributed by atoms with Gasteiger partial charge in [-0.05, 0) is 17.9 Å². The molecule has 0 aromatic heterocycles. The van der Waals surface area contributed by atoms with E-state index in [1.165, 1.54) is 16.7 Å². The van der Waals surface area contributed by atoms with Crippen molar-refractivity contribution in [3.63, 3.8) is 0 Å². The second-order valence-electron chi connectivity index (χ2n) is 4.13. The van der Waals surface area contributed by atoms with Crippen molar-refractivity contribution in [1.82, 2.24) is 0 Å². The maximum Gasteiger partial charge on any atom is 0.255 e. The third kappa shape index (κ3) is 4.75. The second-order valence-corrected chi connectivity index (χ2v) is 5.44. The van der Waals surface area contributed by atoms with Gasteiger partial charge in [0.15, 0.2) is 5.84 Å². The summed E-state index contributed by atoms with van der Waals surface area (Å²) in [5, 5.41) is 21.0. The van der Waals surface area contributed by atoms with Crippen molar-refractivity contribution < 1.29 is 19.1 Å². The molecule has 0 bridgehead atoms. The molecule has 0 aliphatic rings. The van der Waals surface area contributed by atoms with Crippen molar-refractivity contribution in [2.45, 2.75) is 18.2 Å². The first-order valence-corrected chi connectivity index (χ1v) is 7.41. The Bertz CT molecular complexity index is 486. The summed E-state index contributed by atoms with van der Waals surface area (Å²) in [6.07, 6.45) is -2.56. The summed E-state index contributed by atoms with van der Waals surface area (Å²) in [6, 6.07) is 5.12. The van der Waals surface area contributed by atoms with Crippen LogP contribution in [0.2, 0.25) is 0 Å². The van der Waals surface area contributed by atoms with Gasteiger partial charge in [-0.3, -0.25) is 0 Å². The SMILES string of the molecule is CCSc1cccc(N(CCO)CC(F)F)c1/C(N)=N/O. The fourth-order valence-corrected chi connectivity index (χ4v) is 2.80. The van der Waals surface area contributed by atoms with Gasteiger partial charge in [0.1, 0.15) is 0 Å². The maximum absolute atomic E-state index is 12.7. The van der Waals surface area contributed by atoms with Crippen LogP contribution in [0.4, 0.5) is 14.5 Å². The molecule has 0 aliphatic heterocycles. The molecule has 1 rings (SSSR count). The Morgan fingerprint density at radius 3 is 2.71 bits per heavy atom. The molecule has 0 unspecified atom stereocenters. The molecule has 0 heterocycles. The number of halogens is 2. The molecule has 8 heteroatoms. The summed E-state index contributed by atoms with van der Waals surface area (Å²) in [6.45, 7) is 1.17. The predicted molar refractivity (Wildman–Crippen MR) is 80.7 cm³/mol. The standard InChI is InChI=1S/C13H19F2N3O2S/c1-2-21-10-5-3-4-9(12(10)13(16)17-20)18(6-7-19)8-11(14)15/h3-5,11,19-20H,2,6-8H2,1H3,(H2,16,17). The summed E-state index contributed by atoms with van der Waals surface area (Å²) < 4.78 is 25.4. The van der Waals surface area contributed by atoms with Crippen molar-refractivity contribution in [2.24, 2.45) is 10.9 Å². The number of thioether (sulfide) groups is 1. The highest BCUT2D eigenvalue weighted by Crippen LogP contribution is 2.31. The smallest absolute Gasteiger partial charge is 0.255 e. The zero-order chi connectivity index (χ0) is 15.8. The fraction of sp³-hybridized carbons (Fsp3) is 0.462. The molecular weight excluding hydrogens is 300 g/mol. The number of amidine groups is 1. The molecule has 4 N–H and O–H groups in total. The molecule has 118 valence electrons. The quantitative estimate of drug-likeness (QED) is 0.224. The van der Waals surface area contributed by atoms with Crippen molar-refractivity contribution in [2.75, 3.05) is 30.3 Å². The van der Waals surface area contributed by atoms with Crippen LogP contribution in [0.15, 0.2) is 28.3 Å². The number of rotatable bonds is 8. The molecular formula is C13H19F2N3O2S. The van der Waals surface area contributed by atoms with E-state index in [1.807, 2.05) is 6.92 Å². The van der Waals surface area contributed by atoms with E-state index in [4.69, 9.17) is 16.0 Å². The van der Waals surface area contributed by atoms with Gasteiger partial charge in [-0.15, -0.1) is 11.8 Å². The zero-order valence-corrected chi connectivity index (χ0v) is 12.5. The number of nitrogens with zero attached hydrogens (tertiary/aromatic N) is 2. The minimum absolute atomic E-state index is 0.0380. The predicted octanol–water partition coefficient (Wildman–Crippen LogP) is 1.96. The Balaban J connectivity index is 3.33. The summed E-state index contributed by atoms with van der Waals surface area (Å²) >= 11 is 1.47. The number of benzene rings is 1. The molecule has 5 nitrogen and oxygen atoms in total. The highest BCUT2D eigenvalue weighted by atomic mass is 32.2.